The van der Waals surface area contributed by atoms with Gasteiger partial charge in [0.2, 0.25) is 15.4 Å². The van der Waals surface area contributed by atoms with Crippen LogP contribution < -0.4 is 5.14 Å². The Kier molecular flexibility index (Phi) is 2.08. The first-order valence-corrected chi connectivity index (χ1v) is 4.57. The molecule has 2 N–H and O–H groups in total. The second-order valence-electron chi connectivity index (χ2n) is 2.11. The van der Waals surface area contributed by atoms with Gasteiger partial charge in [0, 0.05) is 6.07 Å². The Morgan fingerprint density at radius 2 is 1.92 bits per heavy atom. The summed E-state index contributed by atoms with van der Waals surface area (Å²) in [6.45, 7) is 0. The molecule has 0 radical (unpaired) electrons. The summed E-state index contributed by atoms with van der Waals surface area (Å²) in [5.74, 6) is 0. The zero-order valence-electron chi connectivity index (χ0n) is 6.01. The highest BCUT2D eigenvalue weighted by molar-refractivity contribution is 7.89. The van der Waals surface area contributed by atoms with Gasteiger partial charge in [-0.05, 0) is 6.07 Å². The fraction of sp³-hybridized carbons (Fsp3) is 0. The van der Waals surface area contributed by atoms with E-state index >= 15 is 0 Å². The quantitative estimate of drug-likeness (QED) is 0.655. The van der Waals surface area contributed by atoms with E-state index in [1.807, 2.05) is 0 Å². The highest BCUT2D eigenvalue weighted by Gasteiger charge is 2.21. The first-order chi connectivity index (χ1) is 5.55. The van der Waals surface area contributed by atoms with Crippen molar-refractivity contribution in [2.75, 3.05) is 0 Å². The molecule has 0 aliphatic heterocycles. The van der Waals surface area contributed by atoms with Gasteiger partial charge in [-0.2, -0.15) is 0 Å². The number of hydrogen-bond acceptors (Lipinski definition) is 3. The standard InChI is InChI=1S/C6H6N3O2S/c7-9-5-3-1-2-4-6(5)12(8,10)11/h1-4H,(H2,8,10,11)/q+1. The number of sulfonamides is 1. The van der Waals surface area contributed by atoms with Gasteiger partial charge in [-0.25, -0.2) is 13.6 Å². The molecule has 1 aromatic rings. The summed E-state index contributed by atoms with van der Waals surface area (Å²) in [4.78, 5) is 2.59. The maximum Gasteiger partial charge on any atom is 0.404 e. The van der Waals surface area contributed by atoms with E-state index in [0.29, 0.717) is 0 Å². The molecule has 5 nitrogen and oxygen atoms in total. The molecule has 62 valence electrons. The largest absolute Gasteiger partial charge is 0.404 e. The Balaban J connectivity index is 3.47. The van der Waals surface area contributed by atoms with Crippen LogP contribution >= 0.6 is 0 Å². The molecule has 0 fully saturated rings. The summed E-state index contributed by atoms with van der Waals surface area (Å²) in [6, 6.07) is 5.66. The Labute approximate surface area is 69.5 Å². The van der Waals surface area contributed by atoms with Crippen LogP contribution in [0.4, 0.5) is 5.69 Å². The molecule has 0 aliphatic carbocycles. The molecule has 1 aromatic carbocycles. The summed E-state index contributed by atoms with van der Waals surface area (Å²) >= 11 is 0. The van der Waals surface area contributed by atoms with Crippen LogP contribution in [0.1, 0.15) is 0 Å². The van der Waals surface area contributed by atoms with Crippen molar-refractivity contribution in [3.8, 4) is 0 Å². The minimum absolute atomic E-state index is 0.0556. The van der Waals surface area contributed by atoms with Crippen molar-refractivity contribution in [1.29, 1.82) is 5.39 Å². The SMILES string of the molecule is N#[N+]c1ccccc1S(N)(=O)=O. The zero-order valence-corrected chi connectivity index (χ0v) is 6.82. The normalized spacial score (nSPS) is 10.7. The molecule has 0 aromatic heterocycles. The predicted octanol–water partition coefficient (Wildman–Crippen LogP) is 0.819. The first kappa shape index (κ1) is 8.64. The maximum absolute atomic E-state index is 10.8. The van der Waals surface area contributed by atoms with Crippen molar-refractivity contribution >= 4 is 15.7 Å². The lowest BCUT2D eigenvalue weighted by Crippen LogP contribution is -2.11. The molecule has 0 unspecified atom stereocenters. The van der Waals surface area contributed by atoms with Crippen molar-refractivity contribution in [3.63, 3.8) is 0 Å². The molecular weight excluding hydrogens is 178 g/mol. The zero-order chi connectivity index (χ0) is 9.19. The number of diazo groups is 1. The van der Waals surface area contributed by atoms with E-state index < -0.39 is 10.0 Å². The number of rotatable bonds is 1. The third-order valence-electron chi connectivity index (χ3n) is 1.28. The first-order valence-electron chi connectivity index (χ1n) is 3.02. The van der Waals surface area contributed by atoms with Gasteiger partial charge in [-0.15, -0.1) is 0 Å². The monoisotopic (exact) mass is 184 g/mol. The van der Waals surface area contributed by atoms with Crippen LogP contribution in [0, 0.1) is 5.39 Å². The van der Waals surface area contributed by atoms with Crippen molar-refractivity contribution < 1.29 is 8.42 Å². The Hall–Kier alpha value is -1.45. The molecule has 0 saturated heterocycles. The molecule has 0 bridgehead atoms. The van der Waals surface area contributed by atoms with Crippen LogP contribution in [0.3, 0.4) is 0 Å². The van der Waals surface area contributed by atoms with E-state index in [1.54, 1.807) is 6.07 Å². The number of primary sulfonamides is 1. The minimum Gasteiger partial charge on any atom is -0.224 e. The summed E-state index contributed by atoms with van der Waals surface area (Å²) in [6.07, 6.45) is 0. The van der Waals surface area contributed by atoms with Gasteiger partial charge in [-0.3, -0.25) is 0 Å². The molecule has 12 heavy (non-hydrogen) atoms. The molecule has 6 heteroatoms. The van der Waals surface area contributed by atoms with Crippen LogP contribution in [0.15, 0.2) is 29.2 Å². The molecule has 1 rings (SSSR count). The average molecular weight is 184 g/mol. The molecule has 0 aliphatic rings. The van der Waals surface area contributed by atoms with Crippen LogP contribution in [-0.4, -0.2) is 8.42 Å². The van der Waals surface area contributed by atoms with Crippen LogP contribution in [0.2, 0.25) is 0 Å². The fourth-order valence-corrected chi connectivity index (χ4v) is 1.45. The van der Waals surface area contributed by atoms with E-state index in [4.69, 9.17) is 10.5 Å². The topological polar surface area (TPSA) is 88.3 Å². The molecule has 0 heterocycles. The Bertz CT molecular complexity index is 432. The number of hydrogen-bond donors (Lipinski definition) is 1. The number of benzene rings is 1. The van der Waals surface area contributed by atoms with Crippen LogP contribution in [-0.2, 0) is 10.0 Å². The second-order valence-corrected chi connectivity index (χ2v) is 3.64. The Morgan fingerprint density at radius 3 is 2.33 bits per heavy atom. The van der Waals surface area contributed by atoms with E-state index in [9.17, 15) is 8.42 Å². The van der Waals surface area contributed by atoms with Gasteiger partial charge >= 0.3 is 5.69 Å². The maximum atomic E-state index is 10.8. The van der Waals surface area contributed by atoms with Crippen molar-refractivity contribution in [2.24, 2.45) is 5.14 Å². The summed E-state index contributed by atoms with van der Waals surface area (Å²) < 4.78 is 21.6. The van der Waals surface area contributed by atoms with Crippen molar-refractivity contribution in [2.45, 2.75) is 4.90 Å². The lowest BCUT2D eigenvalue weighted by Gasteiger charge is -1.91. The number of nitrogens with two attached hydrogens (primary N) is 1. The van der Waals surface area contributed by atoms with Crippen molar-refractivity contribution in [1.82, 2.24) is 0 Å². The molecular formula is C6H6N3O2S+. The second kappa shape index (κ2) is 2.89. The number of nitrogens with zero attached hydrogens (tertiary/aromatic N) is 2. The van der Waals surface area contributed by atoms with Gasteiger partial charge in [-0.1, -0.05) is 12.1 Å². The lowest BCUT2D eigenvalue weighted by atomic mass is 10.3. The summed E-state index contributed by atoms with van der Waals surface area (Å²) in [5.41, 5.74) is -0.0556. The Morgan fingerprint density at radius 1 is 1.33 bits per heavy atom. The van der Waals surface area contributed by atoms with Gasteiger partial charge in [0.1, 0.15) is 0 Å². The van der Waals surface area contributed by atoms with E-state index in [0.717, 1.165) is 0 Å². The predicted molar refractivity (Wildman–Crippen MR) is 42.6 cm³/mol. The lowest BCUT2D eigenvalue weighted by molar-refractivity contribution is 0.598. The van der Waals surface area contributed by atoms with E-state index in [-0.39, 0.29) is 10.6 Å². The van der Waals surface area contributed by atoms with Gasteiger partial charge < -0.3 is 0 Å². The minimum atomic E-state index is -3.80. The summed E-state index contributed by atoms with van der Waals surface area (Å²) in [5, 5.41) is 13.2. The average Bonchev–Trinajstić information content (AvgIpc) is 2.03. The molecule has 0 amide bonds. The third kappa shape index (κ3) is 1.58. The van der Waals surface area contributed by atoms with Gasteiger partial charge in [0.15, 0.2) is 9.87 Å². The highest BCUT2D eigenvalue weighted by Crippen LogP contribution is 2.21. The fourth-order valence-electron chi connectivity index (χ4n) is 0.780. The highest BCUT2D eigenvalue weighted by atomic mass is 32.2. The van der Waals surface area contributed by atoms with E-state index in [2.05, 4.69) is 4.98 Å². The van der Waals surface area contributed by atoms with Crippen molar-refractivity contribution in [3.05, 3.63) is 29.2 Å². The molecule has 0 spiro atoms. The van der Waals surface area contributed by atoms with Crippen LogP contribution in [0.25, 0.3) is 4.98 Å². The molecule has 0 atom stereocenters. The van der Waals surface area contributed by atoms with Gasteiger partial charge in [0.05, 0.1) is 0 Å². The van der Waals surface area contributed by atoms with E-state index in [1.165, 1.54) is 18.2 Å². The third-order valence-corrected chi connectivity index (χ3v) is 2.24. The summed E-state index contributed by atoms with van der Waals surface area (Å²) in [7, 11) is -3.80. The van der Waals surface area contributed by atoms with Gasteiger partial charge in [0.25, 0.3) is 0 Å². The molecule has 0 saturated carbocycles. The van der Waals surface area contributed by atoms with Crippen LogP contribution in [0.5, 0.6) is 0 Å². The smallest absolute Gasteiger partial charge is 0.224 e.